The predicted molar refractivity (Wildman–Crippen MR) is 89.8 cm³/mol. The van der Waals surface area contributed by atoms with Gasteiger partial charge in [-0.3, -0.25) is 4.79 Å². The molecule has 23 heavy (non-hydrogen) atoms. The Morgan fingerprint density at radius 3 is 2.26 bits per heavy atom. The van der Waals surface area contributed by atoms with E-state index in [1.54, 1.807) is 0 Å². The van der Waals surface area contributed by atoms with Crippen LogP contribution in [-0.4, -0.2) is 37.7 Å². The Bertz CT molecular complexity index is 678. The summed E-state index contributed by atoms with van der Waals surface area (Å²) in [6, 6.07) is 10.2. The molecular weight excluding hydrogens is 288 g/mol. The fraction of sp³-hybridized carbons (Fsp3) is 0.500. The van der Waals surface area contributed by atoms with Crippen LogP contribution in [0.3, 0.4) is 0 Å². The number of hydrogen-bond donors (Lipinski definition) is 0. The number of nitrogens with zero attached hydrogens (tertiary/aromatic N) is 4. The molecule has 1 aromatic heterocycles. The van der Waals surface area contributed by atoms with Gasteiger partial charge >= 0.3 is 0 Å². The maximum Gasteiger partial charge on any atom is 0.294 e. The number of benzene rings is 1. The van der Waals surface area contributed by atoms with E-state index in [1.807, 2.05) is 67.6 Å². The third-order valence-corrected chi connectivity index (χ3v) is 4.11. The molecule has 0 unspecified atom stereocenters. The normalized spacial score (nSPS) is 14.5. The molecule has 1 amide bonds. The topological polar surface area (TPSA) is 51.0 Å². The highest BCUT2D eigenvalue weighted by molar-refractivity contribution is 5.91. The number of hydrogen-bond acceptors (Lipinski definition) is 3. The second-order valence-electron chi connectivity index (χ2n) is 6.72. The zero-order valence-corrected chi connectivity index (χ0v) is 14.2. The van der Waals surface area contributed by atoms with Gasteiger partial charge in [-0.1, -0.05) is 18.2 Å². The van der Waals surface area contributed by atoms with E-state index in [-0.39, 0.29) is 18.0 Å². The van der Waals surface area contributed by atoms with E-state index in [1.165, 1.54) is 0 Å². The van der Waals surface area contributed by atoms with Crippen LogP contribution >= 0.6 is 0 Å². The van der Waals surface area contributed by atoms with E-state index in [9.17, 15) is 4.79 Å². The summed E-state index contributed by atoms with van der Waals surface area (Å²) in [5.74, 6) is 1.55. The maximum absolute atomic E-state index is 12.9. The van der Waals surface area contributed by atoms with Crippen LogP contribution in [0.2, 0.25) is 0 Å². The summed E-state index contributed by atoms with van der Waals surface area (Å²) in [5, 5.41) is 4.54. The van der Waals surface area contributed by atoms with Gasteiger partial charge in [0.05, 0.1) is 5.69 Å². The third-order valence-electron chi connectivity index (χ3n) is 4.11. The van der Waals surface area contributed by atoms with Crippen molar-refractivity contribution in [2.24, 2.45) is 0 Å². The molecule has 122 valence electrons. The summed E-state index contributed by atoms with van der Waals surface area (Å²) in [5.41, 5.74) is 0.960. The van der Waals surface area contributed by atoms with Gasteiger partial charge in [-0.2, -0.15) is 0 Å². The minimum Gasteiger partial charge on any atom is -0.331 e. The van der Waals surface area contributed by atoms with Crippen molar-refractivity contribution in [3.63, 3.8) is 0 Å². The fourth-order valence-electron chi connectivity index (χ4n) is 2.96. The molecule has 0 saturated heterocycles. The first kappa shape index (κ1) is 15.7. The molecule has 0 spiro atoms. The van der Waals surface area contributed by atoms with Crippen LogP contribution in [0.15, 0.2) is 30.3 Å². The smallest absolute Gasteiger partial charge is 0.294 e. The molecular formula is C18H24N4O. The number of carbonyl (C=O) groups is 1. The maximum atomic E-state index is 12.9. The number of amides is 1. The summed E-state index contributed by atoms with van der Waals surface area (Å²) < 4.78 is 1.84. The van der Waals surface area contributed by atoms with Crippen molar-refractivity contribution in [2.45, 2.75) is 58.5 Å². The van der Waals surface area contributed by atoms with Crippen LogP contribution in [0.4, 0.5) is 0 Å². The highest BCUT2D eigenvalue weighted by atomic mass is 16.2. The van der Waals surface area contributed by atoms with Crippen LogP contribution in [0, 0.1) is 0 Å². The highest BCUT2D eigenvalue weighted by Gasteiger charge is 2.33. The summed E-state index contributed by atoms with van der Waals surface area (Å²) in [4.78, 5) is 19.3. The van der Waals surface area contributed by atoms with Crippen LogP contribution in [-0.2, 0) is 0 Å². The Morgan fingerprint density at radius 2 is 1.74 bits per heavy atom. The summed E-state index contributed by atoms with van der Waals surface area (Å²) in [7, 11) is 0. The monoisotopic (exact) mass is 312 g/mol. The Labute approximate surface area is 137 Å². The number of rotatable bonds is 5. The lowest BCUT2D eigenvalue weighted by Gasteiger charge is -2.29. The van der Waals surface area contributed by atoms with Gasteiger partial charge in [0.25, 0.3) is 5.91 Å². The van der Waals surface area contributed by atoms with Gasteiger partial charge in [0.2, 0.25) is 5.82 Å². The molecule has 5 nitrogen and oxygen atoms in total. The SMILES string of the molecule is CC(C)N(C(=O)c1nc(C2CC2)n(-c2ccccc2)n1)C(C)C. The van der Waals surface area contributed by atoms with E-state index in [0.29, 0.717) is 11.7 Å². The van der Waals surface area contributed by atoms with Gasteiger partial charge in [0.1, 0.15) is 5.82 Å². The molecule has 0 bridgehead atoms. The van der Waals surface area contributed by atoms with Gasteiger partial charge in [-0.05, 0) is 52.7 Å². The zero-order chi connectivity index (χ0) is 16.6. The first-order chi connectivity index (χ1) is 11.0. The number of aromatic nitrogens is 3. The standard InChI is InChI=1S/C18H24N4O/c1-12(2)21(13(3)4)18(23)16-19-17(14-10-11-14)22(20-16)15-8-6-5-7-9-15/h5-9,12-14H,10-11H2,1-4H3. The van der Waals surface area contributed by atoms with Crippen molar-refractivity contribution in [1.82, 2.24) is 19.7 Å². The highest BCUT2D eigenvalue weighted by Crippen LogP contribution is 2.39. The van der Waals surface area contributed by atoms with E-state index >= 15 is 0 Å². The molecule has 0 aliphatic heterocycles. The molecule has 1 aliphatic rings. The number of carbonyl (C=O) groups excluding carboxylic acids is 1. The number of para-hydroxylation sites is 1. The third kappa shape index (κ3) is 3.14. The van der Waals surface area contributed by atoms with Crippen molar-refractivity contribution in [3.05, 3.63) is 42.0 Å². The van der Waals surface area contributed by atoms with Crippen molar-refractivity contribution < 1.29 is 4.79 Å². The molecule has 5 heteroatoms. The van der Waals surface area contributed by atoms with Gasteiger partial charge in [0, 0.05) is 18.0 Å². The first-order valence-electron chi connectivity index (χ1n) is 8.34. The van der Waals surface area contributed by atoms with Gasteiger partial charge in [-0.15, -0.1) is 5.10 Å². The van der Waals surface area contributed by atoms with Crippen molar-refractivity contribution in [1.29, 1.82) is 0 Å². The molecule has 1 aromatic carbocycles. The van der Waals surface area contributed by atoms with Crippen LogP contribution in [0.25, 0.3) is 5.69 Å². The van der Waals surface area contributed by atoms with E-state index < -0.39 is 0 Å². The molecule has 2 aromatic rings. The minimum absolute atomic E-state index is 0.0911. The van der Waals surface area contributed by atoms with Gasteiger partial charge in [-0.25, -0.2) is 9.67 Å². The lowest BCUT2D eigenvalue weighted by atomic mass is 10.2. The van der Waals surface area contributed by atoms with Crippen molar-refractivity contribution in [3.8, 4) is 5.69 Å². The molecule has 1 fully saturated rings. The zero-order valence-electron chi connectivity index (χ0n) is 14.2. The minimum atomic E-state index is -0.0911. The van der Waals surface area contributed by atoms with E-state index in [4.69, 9.17) is 0 Å². The molecule has 0 atom stereocenters. The Balaban J connectivity index is 2.00. The average Bonchev–Trinajstić information content (AvgIpc) is 3.26. The van der Waals surface area contributed by atoms with Crippen molar-refractivity contribution in [2.75, 3.05) is 0 Å². The second-order valence-corrected chi connectivity index (χ2v) is 6.72. The second kappa shape index (κ2) is 6.14. The molecule has 1 heterocycles. The molecule has 0 radical (unpaired) electrons. The molecule has 0 N–H and O–H groups in total. The molecule has 3 rings (SSSR count). The molecule has 1 aliphatic carbocycles. The van der Waals surface area contributed by atoms with Crippen LogP contribution < -0.4 is 0 Å². The summed E-state index contributed by atoms with van der Waals surface area (Å²) >= 11 is 0. The summed E-state index contributed by atoms with van der Waals surface area (Å²) in [6.45, 7) is 8.09. The largest absolute Gasteiger partial charge is 0.331 e. The predicted octanol–water partition coefficient (Wildman–Crippen LogP) is 3.40. The van der Waals surface area contributed by atoms with E-state index in [2.05, 4.69) is 10.1 Å². The fourth-order valence-corrected chi connectivity index (χ4v) is 2.96. The Hall–Kier alpha value is -2.17. The van der Waals surface area contributed by atoms with Crippen LogP contribution in [0.5, 0.6) is 0 Å². The summed E-state index contributed by atoms with van der Waals surface area (Å²) in [6.07, 6.45) is 2.24. The van der Waals surface area contributed by atoms with Gasteiger partial charge in [0.15, 0.2) is 0 Å². The average molecular weight is 312 g/mol. The molecule has 1 saturated carbocycles. The quantitative estimate of drug-likeness (QED) is 0.850. The van der Waals surface area contributed by atoms with Gasteiger partial charge < -0.3 is 4.90 Å². The van der Waals surface area contributed by atoms with E-state index in [0.717, 1.165) is 24.4 Å². The lowest BCUT2D eigenvalue weighted by molar-refractivity contribution is 0.0631. The Morgan fingerprint density at radius 1 is 1.13 bits per heavy atom. The Kier molecular flexibility index (Phi) is 4.20. The first-order valence-corrected chi connectivity index (χ1v) is 8.34. The lowest BCUT2D eigenvalue weighted by Crippen LogP contribution is -2.42. The van der Waals surface area contributed by atoms with Crippen molar-refractivity contribution >= 4 is 5.91 Å². The van der Waals surface area contributed by atoms with Crippen LogP contribution in [0.1, 0.15) is 62.9 Å².